The maximum Gasteiger partial charge on any atom is 0.307 e. The van der Waals surface area contributed by atoms with Crippen LogP contribution in [0.4, 0.5) is 0 Å². The van der Waals surface area contributed by atoms with Crippen molar-refractivity contribution < 1.29 is 9.53 Å². The molecule has 1 N–H and O–H groups in total. The number of benzene rings is 1. The molecular formula is C15H23NO2. The minimum atomic E-state index is -0.165. The minimum Gasteiger partial charge on any atom is -0.469 e. The molecule has 3 nitrogen and oxygen atoms in total. The molecule has 3 heteroatoms. The molecule has 1 aromatic carbocycles. The topological polar surface area (TPSA) is 38.3 Å². The third kappa shape index (κ3) is 4.49. The molecule has 0 aromatic heterocycles. The zero-order valence-electron chi connectivity index (χ0n) is 11.6. The second-order valence-corrected chi connectivity index (χ2v) is 4.93. The quantitative estimate of drug-likeness (QED) is 0.788. The number of rotatable bonds is 6. The van der Waals surface area contributed by atoms with Crippen LogP contribution in [-0.2, 0) is 9.53 Å². The van der Waals surface area contributed by atoms with Crippen molar-refractivity contribution in [2.75, 3.05) is 7.11 Å². The number of methoxy groups -OCH3 is 1. The van der Waals surface area contributed by atoms with E-state index in [9.17, 15) is 4.79 Å². The number of carbonyl (C=O) groups excluding carboxylic acids is 1. The van der Waals surface area contributed by atoms with E-state index in [0.29, 0.717) is 12.3 Å². The van der Waals surface area contributed by atoms with E-state index in [1.807, 2.05) is 18.2 Å². The lowest BCUT2D eigenvalue weighted by Gasteiger charge is -2.26. The highest BCUT2D eigenvalue weighted by atomic mass is 16.5. The third-order valence-electron chi connectivity index (χ3n) is 3.18. The Hall–Kier alpha value is -1.35. The molecule has 0 aliphatic carbocycles. The first-order valence-electron chi connectivity index (χ1n) is 6.42. The molecule has 0 saturated heterocycles. The van der Waals surface area contributed by atoms with Crippen molar-refractivity contribution in [2.24, 2.45) is 5.92 Å². The fourth-order valence-electron chi connectivity index (χ4n) is 1.91. The minimum absolute atomic E-state index is 0.132. The van der Waals surface area contributed by atoms with Gasteiger partial charge in [0.1, 0.15) is 0 Å². The highest BCUT2D eigenvalue weighted by Gasteiger charge is 2.20. The van der Waals surface area contributed by atoms with Gasteiger partial charge in [0.25, 0.3) is 0 Å². The Bertz CT molecular complexity index is 362. The number of hydrogen-bond acceptors (Lipinski definition) is 3. The van der Waals surface area contributed by atoms with Gasteiger partial charge >= 0.3 is 5.97 Å². The Kier molecular flexibility index (Phi) is 5.86. The molecule has 0 heterocycles. The first-order valence-corrected chi connectivity index (χ1v) is 6.42. The zero-order valence-corrected chi connectivity index (χ0v) is 11.6. The van der Waals surface area contributed by atoms with Gasteiger partial charge in [-0.1, -0.05) is 44.2 Å². The summed E-state index contributed by atoms with van der Waals surface area (Å²) < 4.78 is 4.74. The molecular weight excluding hydrogens is 226 g/mol. The maximum absolute atomic E-state index is 11.4. The molecule has 0 aliphatic heterocycles. The molecule has 1 rings (SSSR count). The fraction of sp³-hybridized carbons (Fsp3) is 0.533. The van der Waals surface area contributed by atoms with Crippen LogP contribution in [-0.4, -0.2) is 19.1 Å². The van der Waals surface area contributed by atoms with E-state index >= 15 is 0 Å². The summed E-state index contributed by atoms with van der Waals surface area (Å²) in [6.07, 6.45) is 0.408. The van der Waals surface area contributed by atoms with Gasteiger partial charge in [0.2, 0.25) is 0 Å². The lowest BCUT2D eigenvalue weighted by molar-refractivity contribution is -0.141. The second kappa shape index (κ2) is 7.17. The van der Waals surface area contributed by atoms with E-state index in [-0.39, 0.29) is 18.1 Å². The van der Waals surface area contributed by atoms with Gasteiger partial charge in [-0.15, -0.1) is 0 Å². The van der Waals surface area contributed by atoms with Crippen molar-refractivity contribution in [1.29, 1.82) is 0 Å². The normalized spacial score (nSPS) is 14.3. The highest BCUT2D eigenvalue weighted by Crippen LogP contribution is 2.16. The van der Waals surface area contributed by atoms with E-state index in [0.717, 1.165) is 0 Å². The van der Waals surface area contributed by atoms with Gasteiger partial charge in [-0.3, -0.25) is 4.79 Å². The van der Waals surface area contributed by atoms with E-state index in [1.165, 1.54) is 12.7 Å². The van der Waals surface area contributed by atoms with E-state index in [2.05, 4.69) is 38.2 Å². The van der Waals surface area contributed by atoms with Crippen molar-refractivity contribution >= 4 is 5.97 Å². The fourth-order valence-corrected chi connectivity index (χ4v) is 1.91. The van der Waals surface area contributed by atoms with Gasteiger partial charge in [-0.25, -0.2) is 0 Å². The molecule has 0 spiro atoms. The summed E-state index contributed by atoms with van der Waals surface area (Å²) >= 11 is 0. The number of hydrogen-bond donors (Lipinski definition) is 1. The number of nitrogens with one attached hydrogen (secondary N) is 1. The standard InChI is InChI=1S/C15H23NO2/c1-11(2)14(10-15(17)18-4)16-12(3)13-8-6-5-7-9-13/h5-9,11-12,14,16H,10H2,1-4H3/t12-,14?/m0/s1. The summed E-state index contributed by atoms with van der Waals surface area (Å²) in [7, 11) is 1.43. The molecule has 0 fully saturated rings. The highest BCUT2D eigenvalue weighted by molar-refractivity contribution is 5.69. The summed E-state index contributed by atoms with van der Waals surface area (Å²) in [6.45, 7) is 6.33. The van der Waals surface area contributed by atoms with Gasteiger partial charge in [0.05, 0.1) is 13.5 Å². The lowest BCUT2D eigenvalue weighted by atomic mass is 9.98. The van der Waals surface area contributed by atoms with Crippen molar-refractivity contribution in [1.82, 2.24) is 5.32 Å². The van der Waals surface area contributed by atoms with Gasteiger partial charge in [0.15, 0.2) is 0 Å². The Morgan fingerprint density at radius 3 is 2.33 bits per heavy atom. The average Bonchev–Trinajstić information content (AvgIpc) is 2.38. The average molecular weight is 249 g/mol. The molecule has 100 valence electrons. The van der Waals surface area contributed by atoms with Crippen molar-refractivity contribution in [3.05, 3.63) is 35.9 Å². The summed E-state index contributed by atoms with van der Waals surface area (Å²) in [5.41, 5.74) is 1.23. The van der Waals surface area contributed by atoms with Crippen LogP contribution in [0.2, 0.25) is 0 Å². The van der Waals surface area contributed by atoms with Gasteiger partial charge in [-0.05, 0) is 18.4 Å². The predicted molar refractivity (Wildman–Crippen MR) is 73.3 cm³/mol. The predicted octanol–water partition coefficient (Wildman–Crippen LogP) is 2.92. The van der Waals surface area contributed by atoms with Crippen LogP contribution in [0.25, 0.3) is 0 Å². The van der Waals surface area contributed by atoms with Gasteiger partial charge in [0, 0.05) is 12.1 Å². The van der Waals surface area contributed by atoms with Crippen LogP contribution < -0.4 is 5.32 Å². The van der Waals surface area contributed by atoms with Crippen molar-refractivity contribution in [3.63, 3.8) is 0 Å². The summed E-state index contributed by atoms with van der Waals surface area (Å²) in [6, 6.07) is 10.6. The van der Waals surface area contributed by atoms with Crippen LogP contribution in [0.3, 0.4) is 0 Å². The smallest absolute Gasteiger partial charge is 0.307 e. The summed E-state index contributed by atoms with van der Waals surface area (Å²) in [4.78, 5) is 11.4. The third-order valence-corrected chi connectivity index (χ3v) is 3.18. The molecule has 0 saturated carbocycles. The Morgan fingerprint density at radius 1 is 1.22 bits per heavy atom. The van der Waals surface area contributed by atoms with Crippen LogP contribution in [0.1, 0.15) is 38.8 Å². The second-order valence-electron chi connectivity index (χ2n) is 4.93. The Labute approximate surface area is 110 Å². The molecule has 0 amide bonds. The first-order chi connectivity index (χ1) is 8.54. The Morgan fingerprint density at radius 2 is 1.83 bits per heavy atom. The zero-order chi connectivity index (χ0) is 13.5. The van der Waals surface area contributed by atoms with E-state index in [4.69, 9.17) is 4.74 Å². The molecule has 0 aliphatic rings. The van der Waals surface area contributed by atoms with Crippen LogP contribution >= 0.6 is 0 Å². The summed E-state index contributed by atoms with van der Waals surface area (Å²) in [5, 5.41) is 3.50. The summed E-state index contributed by atoms with van der Waals surface area (Å²) in [5.74, 6) is 0.219. The van der Waals surface area contributed by atoms with E-state index in [1.54, 1.807) is 0 Å². The molecule has 0 radical (unpaired) electrons. The SMILES string of the molecule is COC(=O)CC(N[C@@H](C)c1ccccc1)C(C)C. The van der Waals surface area contributed by atoms with Gasteiger partial charge < -0.3 is 10.1 Å². The van der Waals surface area contributed by atoms with Gasteiger partial charge in [-0.2, -0.15) is 0 Å². The van der Waals surface area contributed by atoms with Crippen molar-refractivity contribution in [2.45, 2.75) is 39.3 Å². The molecule has 1 aromatic rings. The Balaban J connectivity index is 2.63. The number of esters is 1. The van der Waals surface area contributed by atoms with Crippen LogP contribution in [0, 0.1) is 5.92 Å². The number of ether oxygens (including phenoxy) is 1. The molecule has 1 unspecified atom stereocenters. The largest absolute Gasteiger partial charge is 0.469 e. The lowest BCUT2D eigenvalue weighted by Crippen LogP contribution is -2.37. The monoisotopic (exact) mass is 249 g/mol. The maximum atomic E-state index is 11.4. The molecule has 0 bridgehead atoms. The molecule has 18 heavy (non-hydrogen) atoms. The van der Waals surface area contributed by atoms with Crippen LogP contribution in [0.5, 0.6) is 0 Å². The van der Waals surface area contributed by atoms with E-state index < -0.39 is 0 Å². The molecule has 2 atom stereocenters. The number of carbonyl (C=O) groups is 1. The van der Waals surface area contributed by atoms with Crippen molar-refractivity contribution in [3.8, 4) is 0 Å². The van der Waals surface area contributed by atoms with Crippen LogP contribution in [0.15, 0.2) is 30.3 Å². The first kappa shape index (κ1) is 14.7.